The van der Waals surface area contributed by atoms with Gasteiger partial charge in [-0.3, -0.25) is 9.59 Å². The third kappa shape index (κ3) is 7.27. The van der Waals surface area contributed by atoms with Crippen LogP contribution in [0.15, 0.2) is 48.5 Å². The number of hydrogen-bond donors (Lipinski definition) is 1. The Hall–Kier alpha value is -3.03. The average molecular weight is 518 g/mol. The molecule has 1 amide bonds. The first-order valence-corrected chi connectivity index (χ1v) is 12.8. The molecule has 4 rings (SSSR count). The summed E-state index contributed by atoms with van der Waals surface area (Å²) in [5.41, 5.74) is 1.17. The molecule has 2 saturated carbocycles. The van der Waals surface area contributed by atoms with E-state index >= 15 is 0 Å². The summed E-state index contributed by atoms with van der Waals surface area (Å²) in [7, 11) is 0. The van der Waals surface area contributed by atoms with E-state index in [9.17, 15) is 22.8 Å². The van der Waals surface area contributed by atoms with Gasteiger partial charge in [0.05, 0.1) is 11.3 Å². The smallest absolute Gasteiger partial charge is 0.460 e. The van der Waals surface area contributed by atoms with E-state index in [4.69, 9.17) is 4.74 Å². The highest BCUT2D eigenvalue weighted by Gasteiger charge is 2.52. The molecular formula is C29H34F3NO4. The molecule has 8 heteroatoms. The Labute approximate surface area is 215 Å². The monoisotopic (exact) mass is 517 g/mol. The van der Waals surface area contributed by atoms with Gasteiger partial charge in [-0.05, 0) is 94.2 Å². The van der Waals surface area contributed by atoms with Crippen LogP contribution in [0.2, 0.25) is 0 Å². The number of halogens is 3. The predicted octanol–water partition coefficient (Wildman–Crippen LogP) is 7.16. The first kappa shape index (κ1) is 27.0. The van der Waals surface area contributed by atoms with Crippen molar-refractivity contribution in [2.75, 3.05) is 5.32 Å². The van der Waals surface area contributed by atoms with Crippen LogP contribution in [-0.4, -0.2) is 23.8 Å². The largest absolute Gasteiger partial charge is 0.573 e. The van der Waals surface area contributed by atoms with Crippen molar-refractivity contribution in [1.29, 1.82) is 0 Å². The van der Waals surface area contributed by atoms with E-state index in [0.717, 1.165) is 44.1 Å². The zero-order valence-electron chi connectivity index (χ0n) is 21.5. The normalized spacial score (nSPS) is 18.2. The van der Waals surface area contributed by atoms with E-state index in [1.807, 2.05) is 39.0 Å². The Morgan fingerprint density at radius 3 is 2.24 bits per heavy atom. The number of carbonyl (C=O) groups is 2. The maximum absolute atomic E-state index is 13.5. The highest BCUT2D eigenvalue weighted by Crippen LogP contribution is 2.50. The summed E-state index contributed by atoms with van der Waals surface area (Å²) in [5, 5.41) is 3.02. The Bertz CT molecular complexity index is 1110. The molecule has 1 unspecified atom stereocenters. The van der Waals surface area contributed by atoms with Crippen LogP contribution in [0.3, 0.4) is 0 Å². The number of amides is 1. The number of alkyl halides is 3. The molecule has 0 bridgehead atoms. The van der Waals surface area contributed by atoms with Crippen molar-refractivity contribution in [3.05, 3.63) is 59.7 Å². The summed E-state index contributed by atoms with van der Waals surface area (Å²) in [6, 6.07) is 13.1. The molecule has 0 spiro atoms. The fraction of sp³-hybridized carbons (Fsp3) is 0.517. The summed E-state index contributed by atoms with van der Waals surface area (Å²) in [4.78, 5) is 26.2. The van der Waals surface area contributed by atoms with E-state index in [0.29, 0.717) is 17.7 Å². The number of hydrogen-bond acceptors (Lipinski definition) is 4. The summed E-state index contributed by atoms with van der Waals surface area (Å²) in [6.45, 7) is 5.57. The molecule has 200 valence electrons. The van der Waals surface area contributed by atoms with E-state index in [2.05, 4.69) is 10.1 Å². The quantitative estimate of drug-likeness (QED) is 0.377. The minimum Gasteiger partial charge on any atom is -0.460 e. The third-order valence-corrected chi connectivity index (χ3v) is 7.05. The fourth-order valence-corrected chi connectivity index (χ4v) is 5.17. The number of anilines is 1. The number of carbonyl (C=O) groups excluding carboxylic acids is 2. The lowest BCUT2D eigenvalue weighted by Gasteiger charge is -2.24. The van der Waals surface area contributed by atoms with E-state index in [-0.39, 0.29) is 23.5 Å². The van der Waals surface area contributed by atoms with E-state index < -0.39 is 23.3 Å². The molecule has 1 atom stereocenters. The minimum atomic E-state index is -4.77. The number of benzene rings is 2. The molecule has 2 fully saturated rings. The van der Waals surface area contributed by atoms with E-state index in [1.54, 1.807) is 6.07 Å². The van der Waals surface area contributed by atoms with Gasteiger partial charge in [0.15, 0.2) is 0 Å². The van der Waals surface area contributed by atoms with Crippen molar-refractivity contribution < 1.29 is 32.2 Å². The molecule has 0 heterocycles. The number of esters is 1. The Morgan fingerprint density at radius 2 is 1.68 bits per heavy atom. The first-order valence-electron chi connectivity index (χ1n) is 12.8. The average Bonchev–Trinajstić information content (AvgIpc) is 3.37. The molecule has 5 nitrogen and oxygen atoms in total. The van der Waals surface area contributed by atoms with Gasteiger partial charge in [-0.25, -0.2) is 0 Å². The molecule has 0 aliphatic heterocycles. The lowest BCUT2D eigenvalue weighted by Crippen LogP contribution is -2.30. The maximum Gasteiger partial charge on any atom is 0.573 e. The van der Waals surface area contributed by atoms with Gasteiger partial charge >= 0.3 is 12.3 Å². The molecular weight excluding hydrogens is 483 g/mol. The topological polar surface area (TPSA) is 64.6 Å². The third-order valence-electron chi connectivity index (χ3n) is 7.05. The number of rotatable bonds is 8. The molecule has 2 aromatic carbocycles. The van der Waals surface area contributed by atoms with Crippen molar-refractivity contribution >= 4 is 17.6 Å². The SMILES string of the molecule is CC(C)(C)OC(=O)C1(Cc2cccc(NC(=O)C(c3ccc(OC(F)(F)F)cc3)C3CCCC3)c2)CC1. The van der Waals surface area contributed by atoms with Crippen LogP contribution in [0.1, 0.15) is 76.3 Å². The van der Waals surface area contributed by atoms with Crippen molar-refractivity contribution in [2.24, 2.45) is 11.3 Å². The zero-order valence-corrected chi connectivity index (χ0v) is 21.5. The molecule has 0 aromatic heterocycles. The van der Waals surface area contributed by atoms with Crippen LogP contribution in [0.25, 0.3) is 0 Å². The van der Waals surface area contributed by atoms with Crippen molar-refractivity contribution in [2.45, 2.75) is 83.6 Å². The van der Waals surface area contributed by atoms with Gasteiger partial charge in [0.2, 0.25) is 5.91 Å². The molecule has 2 aliphatic carbocycles. The summed E-state index contributed by atoms with van der Waals surface area (Å²) < 4.78 is 47.3. The second-order valence-electron chi connectivity index (χ2n) is 11.3. The van der Waals surface area contributed by atoms with Gasteiger partial charge in [0.25, 0.3) is 0 Å². The molecule has 37 heavy (non-hydrogen) atoms. The Balaban J connectivity index is 1.48. The number of ether oxygens (including phenoxy) is 2. The van der Waals surface area contributed by atoms with Gasteiger partial charge in [0.1, 0.15) is 11.4 Å². The summed E-state index contributed by atoms with van der Waals surface area (Å²) >= 11 is 0. The van der Waals surface area contributed by atoms with Crippen molar-refractivity contribution in [3.63, 3.8) is 0 Å². The Kier molecular flexibility index (Phi) is 7.58. The predicted molar refractivity (Wildman–Crippen MR) is 134 cm³/mol. The maximum atomic E-state index is 13.5. The molecule has 0 radical (unpaired) electrons. The fourth-order valence-electron chi connectivity index (χ4n) is 5.17. The molecule has 2 aliphatic rings. The minimum absolute atomic E-state index is 0.111. The van der Waals surface area contributed by atoms with Crippen LogP contribution >= 0.6 is 0 Å². The lowest BCUT2D eigenvalue weighted by atomic mass is 9.84. The lowest BCUT2D eigenvalue weighted by molar-refractivity contribution is -0.274. The Morgan fingerprint density at radius 1 is 1.03 bits per heavy atom. The van der Waals surface area contributed by atoms with Crippen LogP contribution in [0.5, 0.6) is 5.75 Å². The van der Waals surface area contributed by atoms with Gasteiger partial charge in [0, 0.05) is 5.69 Å². The second kappa shape index (κ2) is 10.4. The molecule has 1 N–H and O–H groups in total. The van der Waals surface area contributed by atoms with Crippen LogP contribution in [-0.2, 0) is 20.7 Å². The molecule has 2 aromatic rings. The molecule has 0 saturated heterocycles. The highest BCUT2D eigenvalue weighted by molar-refractivity contribution is 5.96. The van der Waals surface area contributed by atoms with Crippen LogP contribution in [0, 0.1) is 11.3 Å². The van der Waals surface area contributed by atoms with Gasteiger partial charge in [-0.15, -0.1) is 13.2 Å². The van der Waals surface area contributed by atoms with Crippen molar-refractivity contribution in [3.8, 4) is 5.75 Å². The van der Waals surface area contributed by atoms with E-state index in [1.165, 1.54) is 24.3 Å². The van der Waals surface area contributed by atoms with Gasteiger partial charge in [-0.1, -0.05) is 37.1 Å². The number of nitrogens with one attached hydrogen (secondary N) is 1. The second-order valence-corrected chi connectivity index (χ2v) is 11.3. The van der Waals surface area contributed by atoms with Crippen LogP contribution < -0.4 is 10.1 Å². The first-order chi connectivity index (χ1) is 17.3. The van der Waals surface area contributed by atoms with Crippen molar-refractivity contribution in [1.82, 2.24) is 0 Å². The van der Waals surface area contributed by atoms with Gasteiger partial charge < -0.3 is 14.8 Å². The standard InChI is InChI=1S/C29H34F3NO4/c1-27(2,3)37-26(35)28(15-16-28)18-19-7-6-10-22(17-19)33-25(34)24(20-8-4-5-9-20)21-11-13-23(14-12-21)36-29(30,31)32/h6-7,10-14,17,20,24H,4-5,8-9,15-16,18H2,1-3H3,(H,33,34). The zero-order chi connectivity index (χ0) is 26.8. The van der Waals surface area contributed by atoms with Crippen LogP contribution in [0.4, 0.5) is 18.9 Å². The van der Waals surface area contributed by atoms with Gasteiger partial charge in [-0.2, -0.15) is 0 Å². The highest BCUT2D eigenvalue weighted by atomic mass is 19.4. The summed E-state index contributed by atoms with van der Waals surface area (Å²) in [6.07, 6.45) is 1.13. The summed E-state index contributed by atoms with van der Waals surface area (Å²) in [5.74, 6) is -1.06.